The predicted octanol–water partition coefficient (Wildman–Crippen LogP) is 7.50. The van der Waals surface area contributed by atoms with Crippen molar-refractivity contribution in [1.29, 1.82) is 5.26 Å². The fourth-order valence-electron chi connectivity index (χ4n) is 3.94. The fourth-order valence-corrected chi connectivity index (χ4v) is 6.20. The normalized spacial score (nSPS) is 11.0. The van der Waals surface area contributed by atoms with E-state index in [1.807, 2.05) is 72.1 Å². The van der Waals surface area contributed by atoms with Crippen LogP contribution in [0.5, 0.6) is 0 Å². The standard InChI is InChI=1S/C28H20N2OS2/c1-19-14-15-30-24(16-19)27(33-28(31)21-9-3-2-4-10-21)26(25(30)17-29)32-18-22-12-7-11-20-8-5-6-13-23(20)22/h2-16H,18H2,1H3. The number of nitriles is 1. The Morgan fingerprint density at radius 3 is 2.52 bits per heavy atom. The summed E-state index contributed by atoms with van der Waals surface area (Å²) in [6.07, 6.45) is 1.92. The molecule has 0 N–H and O–H groups in total. The number of rotatable bonds is 5. The summed E-state index contributed by atoms with van der Waals surface area (Å²) in [5.41, 5.74) is 4.40. The second kappa shape index (κ2) is 9.19. The summed E-state index contributed by atoms with van der Waals surface area (Å²) in [5, 5.41) is 12.4. The average molecular weight is 465 g/mol. The van der Waals surface area contributed by atoms with Crippen molar-refractivity contribution in [2.24, 2.45) is 0 Å². The van der Waals surface area contributed by atoms with Gasteiger partial charge in [0, 0.05) is 17.5 Å². The van der Waals surface area contributed by atoms with Crippen LogP contribution in [-0.4, -0.2) is 9.52 Å². The quantitative estimate of drug-likeness (QED) is 0.253. The summed E-state index contributed by atoms with van der Waals surface area (Å²) < 4.78 is 1.90. The summed E-state index contributed by atoms with van der Waals surface area (Å²) in [6, 6.07) is 30.3. The molecule has 5 heteroatoms. The van der Waals surface area contributed by atoms with E-state index in [0.29, 0.717) is 17.0 Å². The zero-order valence-electron chi connectivity index (χ0n) is 18.0. The topological polar surface area (TPSA) is 45.3 Å². The molecule has 160 valence electrons. The largest absolute Gasteiger partial charge is 0.306 e. The summed E-state index contributed by atoms with van der Waals surface area (Å²) in [5.74, 6) is 0.707. The van der Waals surface area contributed by atoms with Gasteiger partial charge in [0.2, 0.25) is 5.12 Å². The number of hydrogen-bond acceptors (Lipinski definition) is 4. The van der Waals surface area contributed by atoms with Crippen LogP contribution in [0.2, 0.25) is 0 Å². The molecular formula is C28H20N2OS2. The van der Waals surface area contributed by atoms with Crippen LogP contribution in [0, 0.1) is 18.3 Å². The Kier molecular flexibility index (Phi) is 5.95. The average Bonchev–Trinajstić information content (AvgIpc) is 3.14. The monoisotopic (exact) mass is 464 g/mol. The first-order valence-corrected chi connectivity index (χ1v) is 12.4. The minimum atomic E-state index is -0.0268. The number of hydrogen-bond donors (Lipinski definition) is 0. The van der Waals surface area contributed by atoms with E-state index in [2.05, 4.69) is 36.4 Å². The molecule has 0 amide bonds. The highest BCUT2D eigenvalue weighted by molar-refractivity contribution is 8.14. The molecule has 2 aromatic heterocycles. The van der Waals surface area contributed by atoms with Crippen molar-refractivity contribution in [3.8, 4) is 6.07 Å². The van der Waals surface area contributed by atoms with Crippen LogP contribution in [0.15, 0.2) is 101 Å². The number of carbonyl (C=O) groups excluding carboxylic acids is 1. The number of aryl methyl sites for hydroxylation is 1. The smallest absolute Gasteiger partial charge is 0.224 e. The number of carbonyl (C=O) groups is 1. The molecule has 0 aliphatic heterocycles. The van der Waals surface area contributed by atoms with Gasteiger partial charge >= 0.3 is 0 Å². The van der Waals surface area contributed by atoms with Gasteiger partial charge in [-0.2, -0.15) is 5.26 Å². The van der Waals surface area contributed by atoms with Gasteiger partial charge in [0.05, 0.1) is 15.3 Å². The highest BCUT2D eigenvalue weighted by Crippen LogP contribution is 2.42. The summed E-state index contributed by atoms with van der Waals surface area (Å²) in [4.78, 5) is 14.8. The Hall–Kier alpha value is -3.46. The van der Waals surface area contributed by atoms with Gasteiger partial charge in [0.25, 0.3) is 0 Å². The molecule has 0 atom stereocenters. The molecule has 0 spiro atoms. The van der Waals surface area contributed by atoms with Crippen molar-refractivity contribution in [3.05, 3.63) is 114 Å². The van der Waals surface area contributed by atoms with Crippen LogP contribution in [0.3, 0.4) is 0 Å². The van der Waals surface area contributed by atoms with E-state index in [1.165, 1.54) is 28.1 Å². The lowest BCUT2D eigenvalue weighted by molar-refractivity contribution is 0.108. The van der Waals surface area contributed by atoms with Crippen molar-refractivity contribution in [2.45, 2.75) is 22.5 Å². The third kappa shape index (κ3) is 4.16. The second-order valence-electron chi connectivity index (χ2n) is 7.76. The molecule has 0 aliphatic carbocycles. The van der Waals surface area contributed by atoms with Crippen LogP contribution in [0.4, 0.5) is 0 Å². The van der Waals surface area contributed by atoms with Crippen LogP contribution in [-0.2, 0) is 5.75 Å². The first kappa shape index (κ1) is 21.4. The van der Waals surface area contributed by atoms with Crippen molar-refractivity contribution in [1.82, 2.24) is 4.40 Å². The number of fused-ring (bicyclic) bond motifs is 2. The highest BCUT2D eigenvalue weighted by Gasteiger charge is 2.22. The van der Waals surface area contributed by atoms with E-state index in [9.17, 15) is 10.1 Å². The highest BCUT2D eigenvalue weighted by atomic mass is 32.2. The van der Waals surface area contributed by atoms with Crippen LogP contribution < -0.4 is 0 Å². The SMILES string of the molecule is Cc1ccn2c(C#N)c(SCc3cccc4ccccc34)c(SC(=O)c3ccccc3)c2c1. The lowest BCUT2D eigenvalue weighted by atomic mass is 10.1. The summed E-state index contributed by atoms with van der Waals surface area (Å²) >= 11 is 2.82. The van der Waals surface area contributed by atoms with E-state index in [4.69, 9.17) is 0 Å². The number of aromatic nitrogens is 1. The molecule has 33 heavy (non-hydrogen) atoms. The summed E-state index contributed by atoms with van der Waals surface area (Å²) in [7, 11) is 0. The van der Waals surface area contributed by atoms with Gasteiger partial charge in [-0.1, -0.05) is 72.8 Å². The van der Waals surface area contributed by atoms with Gasteiger partial charge in [0.15, 0.2) is 0 Å². The first-order valence-electron chi connectivity index (χ1n) is 10.6. The lowest BCUT2D eigenvalue weighted by Gasteiger charge is -2.08. The first-order chi connectivity index (χ1) is 16.2. The van der Waals surface area contributed by atoms with E-state index in [-0.39, 0.29) is 5.12 Å². The Labute approximate surface area is 201 Å². The van der Waals surface area contributed by atoms with Gasteiger partial charge in [-0.25, -0.2) is 0 Å². The maximum atomic E-state index is 13.1. The number of pyridine rings is 1. The van der Waals surface area contributed by atoms with E-state index in [1.54, 1.807) is 11.8 Å². The van der Waals surface area contributed by atoms with E-state index < -0.39 is 0 Å². The molecule has 3 aromatic carbocycles. The molecular weight excluding hydrogens is 444 g/mol. The number of nitrogens with zero attached hydrogens (tertiary/aromatic N) is 2. The van der Waals surface area contributed by atoms with Gasteiger partial charge < -0.3 is 4.40 Å². The third-order valence-corrected chi connectivity index (χ3v) is 7.88. The molecule has 3 nitrogen and oxygen atoms in total. The molecule has 0 saturated heterocycles. The molecule has 0 aliphatic rings. The van der Waals surface area contributed by atoms with Gasteiger partial charge in [-0.15, -0.1) is 11.8 Å². The molecule has 0 fully saturated rings. The van der Waals surface area contributed by atoms with Crippen molar-refractivity contribution in [2.75, 3.05) is 0 Å². The molecule has 2 heterocycles. The zero-order valence-corrected chi connectivity index (χ0v) is 19.6. The Bertz CT molecular complexity index is 1530. The van der Waals surface area contributed by atoms with Gasteiger partial charge in [-0.3, -0.25) is 4.79 Å². The van der Waals surface area contributed by atoms with Gasteiger partial charge in [0.1, 0.15) is 11.8 Å². The van der Waals surface area contributed by atoms with Crippen LogP contribution >= 0.6 is 23.5 Å². The summed E-state index contributed by atoms with van der Waals surface area (Å²) in [6.45, 7) is 2.02. The van der Waals surface area contributed by atoms with Crippen LogP contribution in [0.1, 0.15) is 27.2 Å². The second-order valence-corrected chi connectivity index (χ2v) is 9.73. The van der Waals surface area contributed by atoms with Crippen molar-refractivity contribution >= 4 is 44.9 Å². The van der Waals surface area contributed by atoms with Gasteiger partial charge in [-0.05, 0) is 52.7 Å². The molecule has 5 rings (SSSR count). The Balaban J connectivity index is 1.59. The fraction of sp³-hybridized carbons (Fsp3) is 0.0714. The molecule has 5 aromatic rings. The lowest BCUT2D eigenvalue weighted by Crippen LogP contribution is -1.93. The maximum absolute atomic E-state index is 13.1. The van der Waals surface area contributed by atoms with Crippen molar-refractivity contribution < 1.29 is 4.79 Å². The maximum Gasteiger partial charge on any atom is 0.224 e. The minimum absolute atomic E-state index is 0.0268. The zero-order chi connectivity index (χ0) is 22.8. The predicted molar refractivity (Wildman–Crippen MR) is 137 cm³/mol. The Morgan fingerprint density at radius 1 is 0.939 bits per heavy atom. The minimum Gasteiger partial charge on any atom is -0.306 e. The number of thioether (sulfide) groups is 2. The number of benzene rings is 3. The van der Waals surface area contributed by atoms with E-state index in [0.717, 1.165) is 20.9 Å². The molecule has 0 unspecified atom stereocenters. The molecule has 0 bridgehead atoms. The molecule has 0 saturated carbocycles. The third-order valence-electron chi connectivity index (χ3n) is 5.57. The van der Waals surface area contributed by atoms with Crippen LogP contribution in [0.25, 0.3) is 16.3 Å². The molecule has 0 radical (unpaired) electrons. The van der Waals surface area contributed by atoms with E-state index >= 15 is 0 Å². The van der Waals surface area contributed by atoms with Crippen molar-refractivity contribution in [3.63, 3.8) is 0 Å². The Morgan fingerprint density at radius 2 is 1.70 bits per heavy atom.